The molecule has 0 saturated heterocycles. The fraction of sp³-hybridized carbons (Fsp3) is 0.148. The lowest BCUT2D eigenvalue weighted by Crippen LogP contribution is -2.33. The molecule has 0 aliphatic heterocycles. The Morgan fingerprint density at radius 1 is 1.00 bits per heavy atom. The van der Waals surface area contributed by atoms with Crippen LogP contribution in [0.4, 0.5) is 11.4 Å². The predicted molar refractivity (Wildman–Crippen MR) is 138 cm³/mol. The number of aryl methyl sites for hydroxylation is 1. The van der Waals surface area contributed by atoms with Gasteiger partial charge in [0, 0.05) is 52.7 Å². The van der Waals surface area contributed by atoms with E-state index < -0.39 is 5.97 Å². The summed E-state index contributed by atoms with van der Waals surface area (Å²) in [6.45, 7) is 0.658. The monoisotopic (exact) mass is 469 g/mol. The number of carboxylic acids is 1. The molecule has 8 nitrogen and oxygen atoms in total. The minimum absolute atomic E-state index is 0.0318. The van der Waals surface area contributed by atoms with Crippen molar-refractivity contribution in [2.45, 2.75) is 13.0 Å². The normalized spacial score (nSPS) is 10.8. The van der Waals surface area contributed by atoms with E-state index in [4.69, 9.17) is 16.2 Å². The van der Waals surface area contributed by atoms with Crippen molar-refractivity contribution in [1.82, 2.24) is 4.57 Å². The van der Waals surface area contributed by atoms with E-state index in [1.807, 2.05) is 55.6 Å². The lowest BCUT2D eigenvalue weighted by atomic mass is 10.1. The Morgan fingerprint density at radius 3 is 2.34 bits per heavy atom. The number of nitrogen functional groups attached to an aromatic ring is 1. The van der Waals surface area contributed by atoms with Crippen LogP contribution < -0.4 is 16.0 Å². The number of carboxylic acid groups (broad SMARTS) is 1. The number of anilines is 2. The highest BCUT2D eigenvalue weighted by atomic mass is 16.4. The number of aromatic nitrogens is 1. The van der Waals surface area contributed by atoms with Gasteiger partial charge in [0.1, 0.15) is 5.84 Å². The first-order valence-corrected chi connectivity index (χ1v) is 11.2. The molecule has 0 bridgehead atoms. The first-order valence-electron chi connectivity index (χ1n) is 11.2. The summed E-state index contributed by atoms with van der Waals surface area (Å²) in [4.78, 5) is 26.0. The van der Waals surface area contributed by atoms with E-state index in [0.29, 0.717) is 23.4 Å². The number of rotatable bonds is 9. The van der Waals surface area contributed by atoms with E-state index in [-0.39, 0.29) is 24.7 Å². The van der Waals surface area contributed by atoms with Crippen molar-refractivity contribution in [2.24, 2.45) is 12.8 Å². The van der Waals surface area contributed by atoms with Crippen LogP contribution in [-0.2, 0) is 18.4 Å². The van der Waals surface area contributed by atoms with Crippen molar-refractivity contribution < 1.29 is 14.7 Å². The number of carbonyl (C=O) groups is 2. The van der Waals surface area contributed by atoms with Crippen molar-refractivity contribution in [3.8, 4) is 0 Å². The number of fused-ring (bicyclic) bond motifs is 1. The van der Waals surface area contributed by atoms with Crippen molar-refractivity contribution >= 4 is 40.0 Å². The first kappa shape index (κ1) is 23.6. The van der Waals surface area contributed by atoms with Gasteiger partial charge in [0.2, 0.25) is 0 Å². The topological polar surface area (TPSA) is 124 Å². The molecule has 3 aromatic carbocycles. The van der Waals surface area contributed by atoms with E-state index in [1.54, 1.807) is 30.3 Å². The number of amidine groups is 1. The van der Waals surface area contributed by atoms with E-state index in [2.05, 4.69) is 9.88 Å². The minimum Gasteiger partial charge on any atom is -0.481 e. The average molecular weight is 470 g/mol. The van der Waals surface area contributed by atoms with Gasteiger partial charge >= 0.3 is 5.97 Å². The molecule has 0 spiro atoms. The number of hydrogen-bond acceptors (Lipinski definition) is 4. The van der Waals surface area contributed by atoms with Crippen LogP contribution in [0.3, 0.4) is 0 Å². The van der Waals surface area contributed by atoms with Crippen molar-refractivity contribution in [2.75, 3.05) is 16.8 Å². The number of para-hydroxylation sites is 1. The van der Waals surface area contributed by atoms with Crippen LogP contribution in [0.2, 0.25) is 0 Å². The zero-order valence-electron chi connectivity index (χ0n) is 19.4. The maximum atomic E-state index is 13.4. The second-order valence-corrected chi connectivity index (χ2v) is 8.25. The van der Waals surface area contributed by atoms with Gasteiger partial charge in [-0.15, -0.1) is 0 Å². The summed E-state index contributed by atoms with van der Waals surface area (Å²) in [6, 6.07) is 24.0. The molecule has 1 aromatic heterocycles. The summed E-state index contributed by atoms with van der Waals surface area (Å²) in [7, 11) is 1.98. The molecule has 0 fully saturated rings. The maximum Gasteiger partial charge on any atom is 0.305 e. The summed E-state index contributed by atoms with van der Waals surface area (Å²) in [5, 5.41) is 20.9. The standard InChI is InChI=1S/C27H27N5O3/c1-31-23(17-30-21-10-7-18(8-11-21)26(28)29)16-20-15-19(9-12-24(20)31)27(35)32(14-13-25(33)34)22-5-3-2-4-6-22/h2-12,15-16,30H,13-14,17H2,1H3,(H3,28,29)(H,33,34). The number of hydrogen-bond donors (Lipinski definition) is 4. The lowest BCUT2D eigenvalue weighted by molar-refractivity contribution is -0.136. The second-order valence-electron chi connectivity index (χ2n) is 8.25. The molecule has 0 radical (unpaired) electrons. The molecule has 4 rings (SSSR count). The number of benzene rings is 3. The van der Waals surface area contributed by atoms with Crippen LogP contribution in [0, 0.1) is 5.41 Å². The molecule has 0 unspecified atom stereocenters. The van der Waals surface area contributed by atoms with Crippen LogP contribution in [0.1, 0.15) is 28.0 Å². The number of aliphatic carboxylic acids is 1. The molecule has 0 atom stereocenters. The zero-order valence-corrected chi connectivity index (χ0v) is 19.4. The number of nitrogens with two attached hydrogens (primary N) is 1. The van der Waals surface area contributed by atoms with Gasteiger partial charge in [-0.1, -0.05) is 18.2 Å². The van der Waals surface area contributed by atoms with Crippen molar-refractivity contribution in [3.63, 3.8) is 0 Å². The third-order valence-corrected chi connectivity index (χ3v) is 5.92. The number of nitrogens with zero attached hydrogens (tertiary/aromatic N) is 2. The Hall–Kier alpha value is -4.59. The fourth-order valence-electron chi connectivity index (χ4n) is 3.99. The predicted octanol–water partition coefficient (Wildman–Crippen LogP) is 4.20. The Labute approximate surface area is 203 Å². The molecule has 1 heterocycles. The highest BCUT2D eigenvalue weighted by Gasteiger charge is 2.19. The molecular formula is C27H27N5O3. The van der Waals surface area contributed by atoms with Crippen molar-refractivity contribution in [3.05, 3.63) is 95.7 Å². The van der Waals surface area contributed by atoms with Gasteiger partial charge in [0.05, 0.1) is 13.0 Å². The van der Waals surface area contributed by atoms with Crippen LogP contribution in [0.15, 0.2) is 78.9 Å². The number of nitrogens with one attached hydrogen (secondary N) is 2. The average Bonchev–Trinajstić information content (AvgIpc) is 3.18. The van der Waals surface area contributed by atoms with Gasteiger partial charge < -0.3 is 25.6 Å². The SMILES string of the molecule is Cn1c(CNc2ccc(C(=N)N)cc2)cc2cc(C(=O)N(CCC(=O)O)c3ccccc3)ccc21. The lowest BCUT2D eigenvalue weighted by Gasteiger charge is -2.22. The summed E-state index contributed by atoms with van der Waals surface area (Å²) in [5.74, 6) is -1.16. The first-order chi connectivity index (χ1) is 16.8. The molecule has 8 heteroatoms. The van der Waals surface area contributed by atoms with Gasteiger partial charge in [-0.3, -0.25) is 15.0 Å². The van der Waals surface area contributed by atoms with E-state index in [1.165, 1.54) is 4.90 Å². The Balaban J connectivity index is 1.56. The Bertz CT molecular complexity index is 1380. The van der Waals surface area contributed by atoms with Crippen LogP contribution in [0.25, 0.3) is 10.9 Å². The molecule has 0 aliphatic carbocycles. The molecule has 178 valence electrons. The third-order valence-electron chi connectivity index (χ3n) is 5.92. The van der Waals surface area contributed by atoms with Gasteiger partial charge in [-0.05, 0) is 60.7 Å². The van der Waals surface area contributed by atoms with Gasteiger partial charge in [-0.25, -0.2) is 0 Å². The molecule has 0 aliphatic rings. The molecular weight excluding hydrogens is 442 g/mol. The largest absolute Gasteiger partial charge is 0.481 e. The molecule has 35 heavy (non-hydrogen) atoms. The summed E-state index contributed by atoms with van der Waals surface area (Å²) in [5.41, 5.74) is 10.3. The summed E-state index contributed by atoms with van der Waals surface area (Å²) < 4.78 is 2.07. The van der Waals surface area contributed by atoms with E-state index in [0.717, 1.165) is 22.3 Å². The quantitative estimate of drug-likeness (QED) is 0.216. The highest BCUT2D eigenvalue weighted by molar-refractivity contribution is 6.08. The summed E-state index contributed by atoms with van der Waals surface area (Å²) in [6.07, 6.45) is -0.141. The minimum atomic E-state index is -0.953. The Morgan fingerprint density at radius 2 is 1.69 bits per heavy atom. The molecule has 1 amide bonds. The maximum absolute atomic E-state index is 13.4. The number of amides is 1. The van der Waals surface area contributed by atoms with Crippen LogP contribution in [0.5, 0.6) is 0 Å². The summed E-state index contributed by atoms with van der Waals surface area (Å²) >= 11 is 0. The van der Waals surface area contributed by atoms with Crippen molar-refractivity contribution in [1.29, 1.82) is 5.41 Å². The second kappa shape index (κ2) is 10.1. The van der Waals surface area contributed by atoms with E-state index >= 15 is 0 Å². The van der Waals surface area contributed by atoms with Crippen LogP contribution in [-0.4, -0.2) is 33.9 Å². The Kier molecular flexibility index (Phi) is 6.82. The molecule has 5 N–H and O–H groups in total. The van der Waals surface area contributed by atoms with Gasteiger partial charge in [0.15, 0.2) is 0 Å². The number of carbonyl (C=O) groups excluding carboxylic acids is 1. The third kappa shape index (κ3) is 5.33. The van der Waals surface area contributed by atoms with Crippen LogP contribution >= 0.6 is 0 Å². The molecule has 0 saturated carbocycles. The van der Waals surface area contributed by atoms with E-state index in [9.17, 15) is 9.59 Å². The van der Waals surface area contributed by atoms with Gasteiger partial charge in [0.25, 0.3) is 5.91 Å². The van der Waals surface area contributed by atoms with Gasteiger partial charge in [-0.2, -0.15) is 0 Å². The fourth-order valence-corrected chi connectivity index (χ4v) is 3.99. The smallest absolute Gasteiger partial charge is 0.305 e. The molecule has 4 aromatic rings. The highest BCUT2D eigenvalue weighted by Crippen LogP contribution is 2.24. The zero-order chi connectivity index (χ0) is 24.9.